The van der Waals surface area contributed by atoms with Crippen LogP contribution in [0.15, 0.2) is 97.6 Å². The molecule has 2 atom stereocenters. The number of aromatic nitrogens is 4. The van der Waals surface area contributed by atoms with E-state index in [2.05, 4.69) is 34.5 Å². The average Bonchev–Trinajstić information content (AvgIpc) is 3.44. The van der Waals surface area contributed by atoms with Crippen LogP contribution in [0.4, 0.5) is 0 Å². The molecule has 4 rings (SSSR count). The minimum absolute atomic E-state index is 0.0669. The Bertz CT molecular complexity index is 838. The van der Waals surface area contributed by atoms with Crippen LogP contribution in [0.2, 0.25) is 0 Å². The van der Waals surface area contributed by atoms with Gasteiger partial charge in [0, 0.05) is 48.9 Å². The van der Waals surface area contributed by atoms with Gasteiger partial charge in [-0.1, -0.05) is 60.7 Å². The summed E-state index contributed by atoms with van der Waals surface area (Å²) in [6, 6.07) is 24.3. The van der Waals surface area contributed by atoms with E-state index in [-0.39, 0.29) is 10.7 Å². The lowest BCUT2D eigenvalue weighted by atomic mass is 10.2. The predicted molar refractivity (Wildman–Crippen MR) is 110 cm³/mol. The van der Waals surface area contributed by atoms with Gasteiger partial charge in [-0.3, -0.25) is 9.36 Å². The van der Waals surface area contributed by atoms with Crippen molar-refractivity contribution >= 4 is 24.1 Å². The lowest BCUT2D eigenvalue weighted by Gasteiger charge is -2.20. The number of benzene rings is 2. The molecule has 7 heteroatoms. The molecule has 136 valence electrons. The second-order valence-corrected chi connectivity index (χ2v) is 7.58. The first kappa shape index (κ1) is 17.9. The molecule has 0 spiro atoms. The molecular weight excluding hydrogens is 376 g/mol. The lowest BCUT2D eigenvalue weighted by molar-refractivity contribution is 0.613. The van der Waals surface area contributed by atoms with Crippen LogP contribution < -0.4 is 0 Å². The normalized spacial score (nSPS) is 13.3. The van der Waals surface area contributed by atoms with Crippen LogP contribution in [0.3, 0.4) is 0 Å². The van der Waals surface area contributed by atoms with Crippen LogP contribution >= 0.6 is 24.1 Å². The molecule has 2 unspecified atom stereocenters. The summed E-state index contributed by atoms with van der Waals surface area (Å²) in [5.41, 5.74) is 2.25. The maximum absolute atomic E-state index is 6.03. The van der Waals surface area contributed by atoms with Gasteiger partial charge in [-0.25, -0.2) is 3.63 Å². The van der Waals surface area contributed by atoms with E-state index in [1.807, 2.05) is 70.3 Å². The van der Waals surface area contributed by atoms with Crippen molar-refractivity contribution in [3.63, 3.8) is 0 Å². The molecule has 0 N–H and O–H groups in total. The van der Waals surface area contributed by atoms with Crippen molar-refractivity contribution in [3.05, 3.63) is 109 Å². The number of hydrogen-bond donors (Lipinski definition) is 0. The van der Waals surface area contributed by atoms with Gasteiger partial charge in [0.25, 0.3) is 0 Å². The predicted octanol–water partition coefficient (Wildman–Crippen LogP) is 5.19. The maximum atomic E-state index is 6.03. The summed E-state index contributed by atoms with van der Waals surface area (Å²) in [6.07, 6.45) is 7.45. The molecule has 27 heavy (non-hydrogen) atoms. The van der Waals surface area contributed by atoms with Crippen LogP contribution in [0, 0.1) is 0 Å². The molecule has 2 aromatic carbocycles. The van der Waals surface area contributed by atoms with Gasteiger partial charge in [0.1, 0.15) is 10.7 Å². The molecule has 2 heterocycles. The molecule has 0 saturated carbocycles. The van der Waals surface area contributed by atoms with E-state index in [1.54, 1.807) is 12.4 Å². The quantitative estimate of drug-likeness (QED) is 0.385. The Labute approximate surface area is 166 Å². The third-order valence-electron chi connectivity index (χ3n) is 3.96. The molecule has 0 aliphatic carbocycles. The number of hydrogen-bond acceptors (Lipinski definition) is 5. The summed E-state index contributed by atoms with van der Waals surface area (Å²) >= 11 is 2.75. The maximum Gasteiger partial charge on any atom is 0.149 e. The van der Waals surface area contributed by atoms with Crippen molar-refractivity contribution in [2.24, 2.45) is 0 Å². The van der Waals surface area contributed by atoms with Crippen molar-refractivity contribution in [1.29, 1.82) is 0 Å². The smallest absolute Gasteiger partial charge is 0.149 e. The highest BCUT2D eigenvalue weighted by Gasteiger charge is 2.20. The molecular formula is C20H18N4OS2. The zero-order chi connectivity index (χ0) is 18.3. The molecule has 4 aromatic rings. The van der Waals surface area contributed by atoms with Gasteiger partial charge < -0.3 is 0 Å². The molecule has 0 amide bonds. The van der Waals surface area contributed by atoms with Gasteiger partial charge in [-0.15, -0.1) is 0 Å². The fraction of sp³-hybridized carbons (Fsp3) is 0.100. The SMILES string of the molecule is c1ccc(C(SOSC(c2ccccc2)n2cccn2)n2cccn2)cc1. The van der Waals surface area contributed by atoms with Gasteiger partial charge in [-0.2, -0.15) is 10.2 Å². The highest BCUT2D eigenvalue weighted by Crippen LogP contribution is 2.39. The van der Waals surface area contributed by atoms with Crippen molar-refractivity contribution < 1.29 is 3.63 Å². The Morgan fingerprint density at radius 2 is 1.07 bits per heavy atom. The molecule has 0 bridgehead atoms. The Balaban J connectivity index is 1.50. The van der Waals surface area contributed by atoms with Gasteiger partial charge in [0.05, 0.1) is 0 Å². The summed E-state index contributed by atoms with van der Waals surface area (Å²) in [5, 5.41) is 8.64. The fourth-order valence-corrected chi connectivity index (χ4v) is 4.41. The molecule has 5 nitrogen and oxygen atoms in total. The zero-order valence-corrected chi connectivity index (χ0v) is 16.0. The highest BCUT2D eigenvalue weighted by molar-refractivity contribution is 8.08. The topological polar surface area (TPSA) is 44.9 Å². The monoisotopic (exact) mass is 394 g/mol. The molecule has 0 aliphatic rings. The highest BCUT2D eigenvalue weighted by atomic mass is 32.2. The van der Waals surface area contributed by atoms with Crippen molar-refractivity contribution in [2.45, 2.75) is 10.7 Å². The van der Waals surface area contributed by atoms with Crippen LogP contribution in [-0.4, -0.2) is 19.6 Å². The van der Waals surface area contributed by atoms with E-state index in [4.69, 9.17) is 3.63 Å². The third kappa shape index (κ3) is 4.44. The van der Waals surface area contributed by atoms with Crippen molar-refractivity contribution in [3.8, 4) is 0 Å². The van der Waals surface area contributed by atoms with Crippen molar-refractivity contribution in [2.75, 3.05) is 0 Å². The second kappa shape index (κ2) is 8.94. The number of rotatable bonds is 8. The van der Waals surface area contributed by atoms with Gasteiger partial charge in [0.2, 0.25) is 0 Å². The first-order valence-corrected chi connectivity index (χ1v) is 10.1. The first-order chi connectivity index (χ1) is 13.4. The van der Waals surface area contributed by atoms with E-state index in [0.29, 0.717) is 0 Å². The Morgan fingerprint density at radius 1 is 0.630 bits per heavy atom. The van der Waals surface area contributed by atoms with E-state index in [1.165, 1.54) is 24.1 Å². The Kier molecular flexibility index (Phi) is 5.93. The first-order valence-electron chi connectivity index (χ1n) is 8.49. The summed E-state index contributed by atoms with van der Waals surface area (Å²) in [4.78, 5) is 0. The van der Waals surface area contributed by atoms with Crippen molar-refractivity contribution in [1.82, 2.24) is 19.6 Å². The van der Waals surface area contributed by atoms with E-state index in [0.717, 1.165) is 11.1 Å². The Morgan fingerprint density at radius 3 is 1.44 bits per heavy atom. The van der Waals surface area contributed by atoms with Crippen LogP contribution in [0.1, 0.15) is 21.9 Å². The van der Waals surface area contributed by atoms with Crippen LogP contribution in [0.25, 0.3) is 0 Å². The molecule has 0 saturated heterocycles. The standard InChI is InChI=1S/C20H18N4OS2/c1-3-9-17(10-4-1)19(23-15-7-13-21-23)26-25-27-20(24-16-8-14-22-24)18-11-5-2-6-12-18/h1-16,19-20H. The minimum Gasteiger partial charge on any atom is -0.253 e. The largest absolute Gasteiger partial charge is 0.253 e. The third-order valence-corrected chi connectivity index (χ3v) is 5.93. The molecule has 0 aliphatic heterocycles. The molecule has 0 radical (unpaired) electrons. The van der Waals surface area contributed by atoms with Gasteiger partial charge in [-0.05, 0) is 23.3 Å². The summed E-state index contributed by atoms with van der Waals surface area (Å²) < 4.78 is 9.82. The van der Waals surface area contributed by atoms with E-state index in [9.17, 15) is 0 Å². The zero-order valence-electron chi connectivity index (χ0n) is 14.4. The molecule has 0 fully saturated rings. The van der Waals surface area contributed by atoms with Gasteiger partial charge in [0.15, 0.2) is 0 Å². The summed E-state index contributed by atoms with van der Waals surface area (Å²) in [5.74, 6) is 0. The van der Waals surface area contributed by atoms with E-state index >= 15 is 0 Å². The average molecular weight is 395 g/mol. The second-order valence-electron chi connectivity index (χ2n) is 5.76. The minimum atomic E-state index is -0.0669. The van der Waals surface area contributed by atoms with Crippen LogP contribution in [0.5, 0.6) is 0 Å². The Hall–Kier alpha value is -2.48. The van der Waals surface area contributed by atoms with E-state index < -0.39 is 0 Å². The summed E-state index contributed by atoms with van der Waals surface area (Å²) in [6.45, 7) is 0. The lowest BCUT2D eigenvalue weighted by Crippen LogP contribution is -2.10. The van der Waals surface area contributed by atoms with Crippen LogP contribution in [-0.2, 0) is 3.63 Å². The number of nitrogens with zero attached hydrogens (tertiary/aromatic N) is 4. The molecule has 2 aromatic heterocycles. The summed E-state index contributed by atoms with van der Waals surface area (Å²) in [7, 11) is 0. The van der Waals surface area contributed by atoms with Gasteiger partial charge >= 0.3 is 0 Å². The fourth-order valence-electron chi connectivity index (χ4n) is 2.68.